The van der Waals surface area contributed by atoms with Crippen LogP contribution >= 0.6 is 0 Å². The maximum Gasteiger partial charge on any atom is 0.274 e. The third-order valence-corrected chi connectivity index (χ3v) is 3.95. The van der Waals surface area contributed by atoms with Gasteiger partial charge in [-0.3, -0.25) is 0 Å². The number of aromatic nitrogens is 2. The Kier molecular flexibility index (Phi) is 4.46. The van der Waals surface area contributed by atoms with Crippen molar-refractivity contribution in [2.45, 2.75) is 18.0 Å². The highest BCUT2D eigenvalue weighted by atomic mass is 32.2. The van der Waals surface area contributed by atoms with E-state index in [0.29, 0.717) is 12.0 Å². The van der Waals surface area contributed by atoms with Crippen LogP contribution in [0.1, 0.15) is 17.6 Å². The summed E-state index contributed by atoms with van der Waals surface area (Å²) in [6.45, 7) is 0.107. The number of nitrogens with one attached hydrogen (secondary N) is 2. The van der Waals surface area contributed by atoms with Gasteiger partial charge in [-0.1, -0.05) is 24.3 Å². The van der Waals surface area contributed by atoms with Gasteiger partial charge in [0.15, 0.2) is 0 Å². The quantitative estimate of drug-likeness (QED) is 0.855. The van der Waals surface area contributed by atoms with Crippen molar-refractivity contribution >= 4 is 10.0 Å². The molecule has 0 saturated heterocycles. The van der Waals surface area contributed by atoms with Crippen LogP contribution in [0.15, 0.2) is 41.8 Å². The van der Waals surface area contributed by atoms with E-state index >= 15 is 0 Å². The number of imidazole rings is 1. The number of benzene rings is 1. The summed E-state index contributed by atoms with van der Waals surface area (Å²) >= 11 is 0. The maximum absolute atomic E-state index is 12.5. The molecule has 1 aromatic carbocycles. The average Bonchev–Trinajstić information content (AvgIpc) is 2.93. The molecule has 5 nitrogen and oxygen atoms in total. The Morgan fingerprint density at radius 1 is 1.35 bits per heavy atom. The van der Waals surface area contributed by atoms with Gasteiger partial charge < -0.3 is 4.98 Å². The molecular formula is C12H13F2N3O2S. The molecule has 0 amide bonds. The number of nitrogens with zero attached hydrogens (tertiary/aromatic N) is 1. The largest absolute Gasteiger partial charge is 0.334 e. The summed E-state index contributed by atoms with van der Waals surface area (Å²) in [5, 5.41) is -0.168. The molecule has 0 aliphatic carbocycles. The summed E-state index contributed by atoms with van der Waals surface area (Å²) in [4.78, 5) is 6.14. The normalized spacial score (nSPS) is 11.9. The molecule has 1 aromatic heterocycles. The second kappa shape index (κ2) is 6.10. The summed E-state index contributed by atoms with van der Waals surface area (Å²) in [7, 11) is -3.68. The molecule has 2 aromatic rings. The van der Waals surface area contributed by atoms with E-state index in [1.807, 2.05) is 0 Å². The molecule has 0 fully saturated rings. The van der Waals surface area contributed by atoms with Crippen molar-refractivity contribution in [1.82, 2.24) is 14.7 Å². The predicted molar refractivity (Wildman–Crippen MR) is 68.9 cm³/mol. The van der Waals surface area contributed by atoms with Crippen LogP contribution in [0.5, 0.6) is 0 Å². The highest BCUT2D eigenvalue weighted by Crippen LogP contribution is 2.19. The molecule has 0 radical (unpaired) electrons. The SMILES string of the molecule is O=S(=O)(NCCc1cccc(C(F)F)c1)c1ncc[nH]1. The van der Waals surface area contributed by atoms with Gasteiger partial charge in [-0.05, 0) is 12.0 Å². The van der Waals surface area contributed by atoms with Crippen LogP contribution in [-0.4, -0.2) is 24.9 Å². The number of rotatable bonds is 6. The highest BCUT2D eigenvalue weighted by Gasteiger charge is 2.15. The third kappa shape index (κ3) is 3.61. The van der Waals surface area contributed by atoms with Gasteiger partial charge in [0.1, 0.15) is 0 Å². The van der Waals surface area contributed by atoms with Gasteiger partial charge in [-0.15, -0.1) is 0 Å². The number of hydrogen-bond acceptors (Lipinski definition) is 3. The summed E-state index contributed by atoms with van der Waals surface area (Å²) in [6, 6.07) is 5.90. The first-order valence-corrected chi connectivity index (χ1v) is 7.33. The number of aromatic amines is 1. The summed E-state index contributed by atoms with van der Waals surface area (Å²) in [6.07, 6.45) is 0.525. The molecule has 0 unspecified atom stereocenters. The number of sulfonamides is 1. The summed E-state index contributed by atoms with van der Waals surface area (Å²) < 4.78 is 50.9. The molecule has 20 heavy (non-hydrogen) atoms. The van der Waals surface area contributed by atoms with Crippen LogP contribution in [-0.2, 0) is 16.4 Å². The van der Waals surface area contributed by atoms with Gasteiger partial charge in [-0.25, -0.2) is 26.9 Å². The lowest BCUT2D eigenvalue weighted by Gasteiger charge is -2.06. The third-order valence-electron chi connectivity index (χ3n) is 2.64. The first-order valence-electron chi connectivity index (χ1n) is 5.85. The lowest BCUT2D eigenvalue weighted by molar-refractivity contribution is 0.151. The van der Waals surface area contributed by atoms with E-state index in [1.54, 1.807) is 6.07 Å². The van der Waals surface area contributed by atoms with Crippen LogP contribution in [0.25, 0.3) is 0 Å². The molecule has 0 aliphatic heterocycles. The van der Waals surface area contributed by atoms with E-state index < -0.39 is 16.4 Å². The standard InChI is InChI=1S/C12H13F2N3O2S/c13-11(14)10-3-1-2-9(8-10)4-5-17-20(18,19)12-15-6-7-16-12/h1-3,6-8,11,17H,4-5H2,(H,15,16). The van der Waals surface area contributed by atoms with E-state index in [0.717, 1.165) is 0 Å². The van der Waals surface area contributed by atoms with Gasteiger partial charge in [0.2, 0.25) is 5.16 Å². The molecule has 1 heterocycles. The van der Waals surface area contributed by atoms with Crippen molar-refractivity contribution in [3.8, 4) is 0 Å². The van der Waals surface area contributed by atoms with Crippen LogP contribution in [0, 0.1) is 0 Å². The van der Waals surface area contributed by atoms with Crippen LogP contribution in [0.4, 0.5) is 8.78 Å². The zero-order valence-corrected chi connectivity index (χ0v) is 11.2. The van der Waals surface area contributed by atoms with Crippen molar-refractivity contribution < 1.29 is 17.2 Å². The lowest BCUT2D eigenvalue weighted by atomic mass is 10.1. The monoisotopic (exact) mass is 301 g/mol. The van der Waals surface area contributed by atoms with Crippen molar-refractivity contribution in [3.63, 3.8) is 0 Å². The van der Waals surface area contributed by atoms with E-state index in [-0.39, 0.29) is 17.3 Å². The zero-order valence-electron chi connectivity index (χ0n) is 10.4. The minimum Gasteiger partial charge on any atom is -0.334 e. The summed E-state index contributed by atoms with van der Waals surface area (Å²) in [5.41, 5.74) is 0.571. The van der Waals surface area contributed by atoms with Crippen molar-refractivity contribution in [1.29, 1.82) is 0 Å². The van der Waals surface area contributed by atoms with Crippen LogP contribution < -0.4 is 4.72 Å². The van der Waals surface area contributed by atoms with Gasteiger partial charge >= 0.3 is 0 Å². The maximum atomic E-state index is 12.5. The molecule has 8 heteroatoms. The topological polar surface area (TPSA) is 74.8 Å². The van der Waals surface area contributed by atoms with Gasteiger partial charge in [-0.2, -0.15) is 0 Å². The minimum atomic E-state index is -3.68. The zero-order chi connectivity index (χ0) is 14.6. The number of H-pyrrole nitrogens is 1. The molecular weight excluding hydrogens is 288 g/mol. The van der Waals surface area contributed by atoms with Crippen LogP contribution in [0.3, 0.4) is 0 Å². The van der Waals surface area contributed by atoms with Crippen molar-refractivity contribution in [2.24, 2.45) is 0 Å². The fourth-order valence-corrected chi connectivity index (χ4v) is 2.61. The fourth-order valence-electron chi connectivity index (χ4n) is 1.68. The molecule has 2 N–H and O–H groups in total. The first kappa shape index (κ1) is 14.6. The van der Waals surface area contributed by atoms with E-state index in [1.165, 1.54) is 30.6 Å². The molecule has 0 aliphatic rings. The molecule has 2 rings (SSSR count). The smallest absolute Gasteiger partial charge is 0.274 e. The highest BCUT2D eigenvalue weighted by molar-refractivity contribution is 7.89. The van der Waals surface area contributed by atoms with Crippen molar-refractivity contribution in [2.75, 3.05) is 6.54 Å². The number of alkyl halides is 2. The Morgan fingerprint density at radius 3 is 2.80 bits per heavy atom. The Hall–Kier alpha value is -1.80. The number of hydrogen-bond donors (Lipinski definition) is 2. The Bertz CT molecular complexity index is 657. The minimum absolute atomic E-state index is 0.0728. The van der Waals surface area contributed by atoms with E-state index in [4.69, 9.17) is 0 Å². The number of halogens is 2. The molecule has 0 atom stereocenters. The second-order valence-corrected chi connectivity index (χ2v) is 5.77. The van der Waals surface area contributed by atoms with E-state index in [9.17, 15) is 17.2 Å². The van der Waals surface area contributed by atoms with Crippen molar-refractivity contribution in [3.05, 3.63) is 47.8 Å². The molecule has 0 spiro atoms. The van der Waals surface area contributed by atoms with Gasteiger partial charge in [0.05, 0.1) is 0 Å². The summed E-state index contributed by atoms with van der Waals surface area (Å²) in [5.74, 6) is 0. The fraction of sp³-hybridized carbons (Fsp3) is 0.250. The first-order chi connectivity index (χ1) is 9.49. The molecule has 0 bridgehead atoms. The van der Waals surface area contributed by atoms with E-state index in [2.05, 4.69) is 14.7 Å². The van der Waals surface area contributed by atoms with Gasteiger partial charge in [0.25, 0.3) is 16.4 Å². The molecule has 0 saturated carbocycles. The Morgan fingerprint density at radius 2 is 2.15 bits per heavy atom. The lowest BCUT2D eigenvalue weighted by Crippen LogP contribution is -2.26. The van der Waals surface area contributed by atoms with Gasteiger partial charge in [0, 0.05) is 24.5 Å². The average molecular weight is 301 g/mol. The van der Waals surface area contributed by atoms with Crippen LogP contribution in [0.2, 0.25) is 0 Å². The Labute approximate surface area is 115 Å². The predicted octanol–water partition coefficient (Wildman–Crippen LogP) is 1.87. The molecule has 108 valence electrons. The Balaban J connectivity index is 1.95. The second-order valence-electron chi connectivity index (χ2n) is 4.09.